The molecule has 23 heavy (non-hydrogen) atoms. The molecule has 0 heterocycles. The van der Waals surface area contributed by atoms with Crippen molar-refractivity contribution in [2.45, 2.75) is 58.5 Å². The van der Waals surface area contributed by atoms with Crippen LogP contribution in [-0.4, -0.2) is 25.2 Å². The Kier molecular flexibility index (Phi) is 8.80. The van der Waals surface area contributed by atoms with E-state index in [-0.39, 0.29) is 24.9 Å². The lowest BCUT2D eigenvalue weighted by molar-refractivity contribution is -0.151. The molecule has 0 spiro atoms. The van der Waals surface area contributed by atoms with Gasteiger partial charge in [0.05, 0.1) is 26.1 Å². The summed E-state index contributed by atoms with van der Waals surface area (Å²) >= 11 is 0. The second-order valence-corrected chi connectivity index (χ2v) is 5.45. The normalized spacial score (nSPS) is 11.6. The van der Waals surface area contributed by atoms with Crippen molar-refractivity contribution in [3.63, 3.8) is 0 Å². The molecule has 5 nitrogen and oxygen atoms in total. The highest BCUT2D eigenvalue weighted by atomic mass is 16.5. The first-order valence-corrected chi connectivity index (χ1v) is 8.09. The predicted molar refractivity (Wildman–Crippen MR) is 87.6 cm³/mol. The zero-order valence-electron chi connectivity index (χ0n) is 14.2. The van der Waals surface area contributed by atoms with E-state index in [2.05, 4.69) is 6.92 Å². The van der Waals surface area contributed by atoms with Gasteiger partial charge in [-0.25, -0.2) is 0 Å². The van der Waals surface area contributed by atoms with E-state index in [1.165, 1.54) is 0 Å². The quantitative estimate of drug-likeness (QED) is 0.371. The molecule has 1 aromatic carbocycles. The van der Waals surface area contributed by atoms with Gasteiger partial charge in [-0.05, 0) is 31.9 Å². The number of unbranched alkanes of at least 4 members (excludes halogenated alkanes) is 2. The SMILES string of the molecule is CCCCCC(C)OC(=O)CCC(=O)Oc1cccc(OC)c1. The Hall–Kier alpha value is -2.04. The fourth-order valence-electron chi connectivity index (χ4n) is 2.08. The molecule has 128 valence electrons. The van der Waals surface area contributed by atoms with Gasteiger partial charge in [0.1, 0.15) is 11.5 Å². The molecule has 0 amide bonds. The maximum Gasteiger partial charge on any atom is 0.311 e. The minimum absolute atomic E-state index is 0.00226. The van der Waals surface area contributed by atoms with E-state index in [0.717, 1.165) is 25.7 Å². The number of rotatable bonds is 10. The molecule has 0 fully saturated rings. The fraction of sp³-hybridized carbons (Fsp3) is 0.556. The molecule has 1 atom stereocenters. The molecule has 5 heteroatoms. The van der Waals surface area contributed by atoms with Gasteiger partial charge in [-0.2, -0.15) is 0 Å². The minimum Gasteiger partial charge on any atom is -0.497 e. The lowest BCUT2D eigenvalue weighted by Gasteiger charge is -2.12. The summed E-state index contributed by atoms with van der Waals surface area (Å²) in [5.41, 5.74) is 0. The molecule has 0 radical (unpaired) electrons. The standard InChI is InChI=1S/C18H26O5/c1-4-5-6-8-14(2)22-17(19)11-12-18(20)23-16-10-7-9-15(13-16)21-3/h7,9-10,13-14H,4-6,8,11-12H2,1-3H3. The van der Waals surface area contributed by atoms with Crippen molar-refractivity contribution in [3.8, 4) is 11.5 Å². The van der Waals surface area contributed by atoms with E-state index in [4.69, 9.17) is 14.2 Å². The Balaban J connectivity index is 2.28. The van der Waals surface area contributed by atoms with Crippen molar-refractivity contribution in [1.82, 2.24) is 0 Å². The summed E-state index contributed by atoms with van der Waals surface area (Å²) in [6.45, 7) is 4.01. The minimum atomic E-state index is -0.464. The number of hydrogen-bond acceptors (Lipinski definition) is 5. The molecule has 0 bridgehead atoms. The number of ether oxygens (including phenoxy) is 3. The van der Waals surface area contributed by atoms with Crippen molar-refractivity contribution in [1.29, 1.82) is 0 Å². The van der Waals surface area contributed by atoms with Crippen LogP contribution < -0.4 is 9.47 Å². The molecular weight excluding hydrogens is 296 g/mol. The number of carbonyl (C=O) groups is 2. The molecule has 1 aromatic rings. The van der Waals surface area contributed by atoms with Gasteiger partial charge in [0, 0.05) is 6.07 Å². The summed E-state index contributed by atoms with van der Waals surface area (Å²) in [5, 5.41) is 0. The van der Waals surface area contributed by atoms with Gasteiger partial charge in [-0.3, -0.25) is 9.59 Å². The van der Waals surface area contributed by atoms with E-state index < -0.39 is 5.97 Å². The van der Waals surface area contributed by atoms with E-state index in [1.54, 1.807) is 31.4 Å². The highest BCUT2D eigenvalue weighted by Gasteiger charge is 2.13. The first-order chi connectivity index (χ1) is 11.0. The van der Waals surface area contributed by atoms with Crippen LogP contribution in [0.4, 0.5) is 0 Å². The van der Waals surface area contributed by atoms with Gasteiger partial charge < -0.3 is 14.2 Å². The zero-order chi connectivity index (χ0) is 17.1. The monoisotopic (exact) mass is 322 g/mol. The molecule has 0 N–H and O–H groups in total. The summed E-state index contributed by atoms with van der Waals surface area (Å²) in [7, 11) is 1.54. The summed E-state index contributed by atoms with van der Waals surface area (Å²) in [5.74, 6) is 0.177. The summed E-state index contributed by atoms with van der Waals surface area (Å²) < 4.78 is 15.5. The number of benzene rings is 1. The van der Waals surface area contributed by atoms with Gasteiger partial charge in [0.25, 0.3) is 0 Å². The Morgan fingerprint density at radius 1 is 1.09 bits per heavy atom. The van der Waals surface area contributed by atoms with Gasteiger partial charge >= 0.3 is 11.9 Å². The average Bonchev–Trinajstić information content (AvgIpc) is 2.53. The molecule has 0 saturated heterocycles. The zero-order valence-corrected chi connectivity index (χ0v) is 14.2. The molecule has 0 aliphatic carbocycles. The van der Waals surface area contributed by atoms with Crippen LogP contribution in [0, 0.1) is 0 Å². The molecule has 0 aliphatic heterocycles. The van der Waals surface area contributed by atoms with Crippen molar-refractivity contribution < 1.29 is 23.8 Å². The van der Waals surface area contributed by atoms with Crippen LogP contribution in [0.15, 0.2) is 24.3 Å². The molecule has 1 unspecified atom stereocenters. The average molecular weight is 322 g/mol. The van der Waals surface area contributed by atoms with Crippen LogP contribution in [0.5, 0.6) is 11.5 Å². The van der Waals surface area contributed by atoms with Crippen LogP contribution >= 0.6 is 0 Å². The fourth-order valence-corrected chi connectivity index (χ4v) is 2.08. The van der Waals surface area contributed by atoms with Crippen LogP contribution in [0.25, 0.3) is 0 Å². The third kappa shape index (κ3) is 8.24. The summed E-state index contributed by atoms with van der Waals surface area (Å²) in [6.07, 6.45) is 4.09. The van der Waals surface area contributed by atoms with Gasteiger partial charge in [-0.1, -0.05) is 25.8 Å². The number of carbonyl (C=O) groups excluding carboxylic acids is 2. The van der Waals surface area contributed by atoms with Crippen molar-refractivity contribution in [3.05, 3.63) is 24.3 Å². The predicted octanol–water partition coefficient (Wildman–Crippen LogP) is 3.89. The van der Waals surface area contributed by atoms with Crippen LogP contribution in [0.3, 0.4) is 0 Å². The molecule has 1 rings (SSSR count). The van der Waals surface area contributed by atoms with E-state index in [9.17, 15) is 9.59 Å². The molecule has 0 aromatic heterocycles. The summed E-state index contributed by atoms with van der Waals surface area (Å²) in [6, 6.07) is 6.77. The second-order valence-electron chi connectivity index (χ2n) is 5.45. The number of esters is 2. The second kappa shape index (κ2) is 10.6. The van der Waals surface area contributed by atoms with Gasteiger partial charge in [0.2, 0.25) is 0 Å². The van der Waals surface area contributed by atoms with Crippen LogP contribution in [-0.2, 0) is 14.3 Å². The first kappa shape index (κ1) is 19.0. The van der Waals surface area contributed by atoms with Gasteiger partial charge in [-0.15, -0.1) is 0 Å². The Bertz CT molecular complexity index is 498. The van der Waals surface area contributed by atoms with Crippen molar-refractivity contribution in [2.24, 2.45) is 0 Å². The van der Waals surface area contributed by atoms with Crippen LogP contribution in [0.1, 0.15) is 52.4 Å². The molecular formula is C18H26O5. The largest absolute Gasteiger partial charge is 0.497 e. The first-order valence-electron chi connectivity index (χ1n) is 8.09. The lowest BCUT2D eigenvalue weighted by atomic mass is 10.1. The Morgan fingerprint density at radius 3 is 2.48 bits per heavy atom. The Labute approximate surface area is 137 Å². The highest BCUT2D eigenvalue weighted by Crippen LogP contribution is 2.19. The highest BCUT2D eigenvalue weighted by molar-refractivity contribution is 5.79. The molecule has 0 aliphatic rings. The van der Waals surface area contributed by atoms with E-state index in [1.807, 2.05) is 6.92 Å². The van der Waals surface area contributed by atoms with Crippen molar-refractivity contribution in [2.75, 3.05) is 7.11 Å². The number of methoxy groups -OCH3 is 1. The van der Waals surface area contributed by atoms with E-state index >= 15 is 0 Å². The topological polar surface area (TPSA) is 61.8 Å². The lowest BCUT2D eigenvalue weighted by Crippen LogP contribution is -2.17. The maximum atomic E-state index is 11.7. The third-order valence-corrected chi connectivity index (χ3v) is 3.35. The Morgan fingerprint density at radius 2 is 1.78 bits per heavy atom. The van der Waals surface area contributed by atoms with Crippen molar-refractivity contribution >= 4 is 11.9 Å². The molecule has 0 saturated carbocycles. The van der Waals surface area contributed by atoms with Crippen LogP contribution in [0.2, 0.25) is 0 Å². The third-order valence-electron chi connectivity index (χ3n) is 3.35. The maximum absolute atomic E-state index is 11.7. The number of hydrogen-bond donors (Lipinski definition) is 0. The van der Waals surface area contributed by atoms with E-state index in [0.29, 0.717) is 11.5 Å². The smallest absolute Gasteiger partial charge is 0.311 e. The van der Waals surface area contributed by atoms with Gasteiger partial charge in [0.15, 0.2) is 0 Å². The summed E-state index contributed by atoms with van der Waals surface area (Å²) in [4.78, 5) is 23.4.